The quantitative estimate of drug-likeness (QED) is 0.677. The third kappa shape index (κ3) is 4.60. The van der Waals surface area contributed by atoms with Gasteiger partial charge in [-0.15, -0.1) is 0 Å². The van der Waals surface area contributed by atoms with Gasteiger partial charge in [0.15, 0.2) is 0 Å². The van der Waals surface area contributed by atoms with Gasteiger partial charge in [0.1, 0.15) is 0 Å². The van der Waals surface area contributed by atoms with Crippen LogP contribution in [0.3, 0.4) is 0 Å². The number of ether oxygens (including phenoxy) is 1. The molecule has 118 valence electrons. The molecule has 1 aliphatic rings. The van der Waals surface area contributed by atoms with Crippen molar-refractivity contribution in [1.29, 1.82) is 0 Å². The summed E-state index contributed by atoms with van der Waals surface area (Å²) < 4.78 is 4.54. The summed E-state index contributed by atoms with van der Waals surface area (Å²) in [5.41, 5.74) is 2.10. The van der Waals surface area contributed by atoms with Crippen LogP contribution in [0.2, 0.25) is 0 Å². The summed E-state index contributed by atoms with van der Waals surface area (Å²) in [6.45, 7) is 3.39. The fourth-order valence-corrected chi connectivity index (χ4v) is 2.32. The first-order valence-electron chi connectivity index (χ1n) is 7.13. The maximum Gasteiger partial charge on any atom is 0.407 e. The molecule has 0 radical (unpaired) electrons. The number of amides is 1. The topological polar surface area (TPSA) is 70.1 Å². The lowest BCUT2D eigenvalue weighted by Gasteiger charge is -2.33. The first-order valence-corrected chi connectivity index (χ1v) is 7.13. The van der Waals surface area contributed by atoms with E-state index in [1.807, 2.05) is 24.3 Å². The van der Waals surface area contributed by atoms with Gasteiger partial charge in [0.05, 0.1) is 7.11 Å². The molecule has 2 rings (SSSR count). The van der Waals surface area contributed by atoms with Gasteiger partial charge in [-0.05, 0) is 17.2 Å². The molecule has 0 unspecified atom stereocenters. The summed E-state index contributed by atoms with van der Waals surface area (Å²) in [6, 6.07) is 7.92. The number of carbonyl (C=O) groups is 2. The highest BCUT2D eigenvalue weighted by Gasteiger charge is 2.19. The van der Waals surface area contributed by atoms with Gasteiger partial charge in [-0.2, -0.15) is 0 Å². The van der Waals surface area contributed by atoms with Crippen LogP contribution in [0, 0.1) is 0 Å². The maximum atomic E-state index is 11.0. The third-order valence-corrected chi connectivity index (χ3v) is 3.64. The minimum Gasteiger partial charge on any atom is -0.466 e. The van der Waals surface area contributed by atoms with Crippen LogP contribution < -0.4 is 0 Å². The predicted octanol–water partition coefficient (Wildman–Crippen LogP) is 1.67. The average Bonchev–Trinajstić information content (AvgIpc) is 2.54. The lowest BCUT2D eigenvalue weighted by Crippen LogP contribution is -2.47. The van der Waals surface area contributed by atoms with Crippen LogP contribution in [0.15, 0.2) is 30.3 Å². The Kier molecular flexibility index (Phi) is 5.55. The minimum absolute atomic E-state index is 0.375. The van der Waals surface area contributed by atoms with Gasteiger partial charge in [-0.25, -0.2) is 9.59 Å². The fourth-order valence-electron chi connectivity index (χ4n) is 2.32. The molecule has 6 nitrogen and oxygen atoms in total. The van der Waals surface area contributed by atoms with E-state index in [-0.39, 0.29) is 5.97 Å². The normalized spacial score (nSPS) is 16.0. The zero-order valence-corrected chi connectivity index (χ0v) is 12.6. The lowest BCUT2D eigenvalue weighted by molar-refractivity contribution is -0.134. The van der Waals surface area contributed by atoms with Crippen molar-refractivity contribution in [2.45, 2.75) is 6.54 Å². The molecule has 22 heavy (non-hydrogen) atoms. The summed E-state index contributed by atoms with van der Waals surface area (Å²) in [7, 11) is 1.35. The lowest BCUT2D eigenvalue weighted by atomic mass is 10.1. The Balaban J connectivity index is 1.85. The Bertz CT molecular complexity index is 546. The molecule has 1 saturated heterocycles. The molecular weight excluding hydrogens is 284 g/mol. The Morgan fingerprint density at radius 2 is 1.82 bits per heavy atom. The van der Waals surface area contributed by atoms with E-state index in [1.54, 1.807) is 6.08 Å². The van der Waals surface area contributed by atoms with Gasteiger partial charge >= 0.3 is 12.1 Å². The van der Waals surface area contributed by atoms with Crippen molar-refractivity contribution in [2.75, 3.05) is 33.3 Å². The Morgan fingerprint density at radius 3 is 2.36 bits per heavy atom. The monoisotopic (exact) mass is 304 g/mol. The van der Waals surface area contributed by atoms with Crippen LogP contribution in [0.5, 0.6) is 0 Å². The molecule has 1 fully saturated rings. The highest BCUT2D eigenvalue weighted by Crippen LogP contribution is 2.11. The second-order valence-corrected chi connectivity index (χ2v) is 5.14. The molecule has 0 bridgehead atoms. The number of nitrogens with zero attached hydrogens (tertiary/aromatic N) is 2. The minimum atomic E-state index is -0.846. The maximum absolute atomic E-state index is 11.0. The SMILES string of the molecule is COC(=O)C=Cc1ccc(CN2CCN(C(=O)O)CC2)cc1. The van der Waals surface area contributed by atoms with Crippen LogP contribution in [-0.2, 0) is 16.1 Å². The van der Waals surface area contributed by atoms with Crippen LogP contribution in [-0.4, -0.2) is 60.3 Å². The zero-order valence-electron chi connectivity index (χ0n) is 12.6. The Morgan fingerprint density at radius 1 is 1.18 bits per heavy atom. The number of hydrogen-bond acceptors (Lipinski definition) is 4. The van der Waals surface area contributed by atoms with E-state index >= 15 is 0 Å². The van der Waals surface area contributed by atoms with Gasteiger partial charge in [0, 0.05) is 38.8 Å². The third-order valence-electron chi connectivity index (χ3n) is 3.64. The molecular formula is C16H20N2O4. The smallest absolute Gasteiger partial charge is 0.407 e. The summed E-state index contributed by atoms with van der Waals surface area (Å²) in [5.74, 6) is -0.375. The average molecular weight is 304 g/mol. The van der Waals surface area contributed by atoms with E-state index in [1.165, 1.54) is 23.6 Å². The number of esters is 1. The number of rotatable bonds is 4. The Hall–Kier alpha value is -2.34. The molecule has 0 spiro atoms. The van der Waals surface area contributed by atoms with Gasteiger partial charge < -0.3 is 14.7 Å². The molecule has 0 saturated carbocycles. The van der Waals surface area contributed by atoms with Crippen molar-refractivity contribution in [2.24, 2.45) is 0 Å². The first-order chi connectivity index (χ1) is 10.6. The number of benzene rings is 1. The van der Waals surface area contributed by atoms with Crippen LogP contribution in [0.4, 0.5) is 4.79 Å². The zero-order chi connectivity index (χ0) is 15.9. The van der Waals surface area contributed by atoms with E-state index in [2.05, 4.69) is 9.64 Å². The number of hydrogen-bond donors (Lipinski definition) is 1. The number of carbonyl (C=O) groups excluding carboxylic acids is 1. The first kappa shape index (κ1) is 16.0. The molecule has 0 atom stereocenters. The van der Waals surface area contributed by atoms with Crippen LogP contribution in [0.25, 0.3) is 6.08 Å². The van der Waals surface area contributed by atoms with E-state index < -0.39 is 6.09 Å². The molecule has 1 amide bonds. The number of carboxylic acid groups (broad SMARTS) is 1. The molecule has 0 aromatic heterocycles. The summed E-state index contributed by atoms with van der Waals surface area (Å²) in [5, 5.41) is 8.92. The van der Waals surface area contributed by atoms with Crippen molar-refractivity contribution in [3.8, 4) is 0 Å². The van der Waals surface area contributed by atoms with Crippen LogP contribution in [0.1, 0.15) is 11.1 Å². The second kappa shape index (κ2) is 7.61. The summed E-state index contributed by atoms with van der Waals surface area (Å²) in [6.07, 6.45) is 2.25. The highest BCUT2D eigenvalue weighted by atomic mass is 16.5. The van der Waals surface area contributed by atoms with E-state index in [4.69, 9.17) is 5.11 Å². The van der Waals surface area contributed by atoms with Crippen molar-refractivity contribution in [3.05, 3.63) is 41.5 Å². The van der Waals surface area contributed by atoms with Gasteiger partial charge in [0.2, 0.25) is 0 Å². The molecule has 1 aliphatic heterocycles. The van der Waals surface area contributed by atoms with E-state index in [9.17, 15) is 9.59 Å². The molecule has 1 aromatic carbocycles. The highest BCUT2D eigenvalue weighted by molar-refractivity contribution is 5.86. The standard InChI is InChI=1S/C16H20N2O4/c1-22-15(19)7-6-13-2-4-14(5-3-13)12-17-8-10-18(11-9-17)16(20)21/h2-7H,8-12H2,1H3,(H,20,21). The summed E-state index contributed by atoms with van der Waals surface area (Å²) >= 11 is 0. The summed E-state index contributed by atoms with van der Waals surface area (Å²) in [4.78, 5) is 25.6. The van der Waals surface area contributed by atoms with E-state index in [0.29, 0.717) is 13.1 Å². The van der Waals surface area contributed by atoms with E-state index in [0.717, 1.165) is 25.2 Å². The predicted molar refractivity (Wildman–Crippen MR) is 82.4 cm³/mol. The largest absolute Gasteiger partial charge is 0.466 e. The molecule has 1 N–H and O–H groups in total. The molecule has 0 aliphatic carbocycles. The van der Waals surface area contributed by atoms with Crippen molar-refractivity contribution in [1.82, 2.24) is 9.80 Å². The fraction of sp³-hybridized carbons (Fsp3) is 0.375. The van der Waals surface area contributed by atoms with Gasteiger partial charge in [-0.1, -0.05) is 24.3 Å². The number of piperazine rings is 1. The Labute approximate surface area is 129 Å². The van der Waals surface area contributed by atoms with Gasteiger partial charge in [0.25, 0.3) is 0 Å². The molecule has 1 aromatic rings. The van der Waals surface area contributed by atoms with Crippen LogP contribution >= 0.6 is 0 Å². The molecule has 6 heteroatoms. The van der Waals surface area contributed by atoms with Gasteiger partial charge in [-0.3, -0.25) is 4.90 Å². The second-order valence-electron chi connectivity index (χ2n) is 5.14. The molecule has 1 heterocycles. The van der Waals surface area contributed by atoms with Crippen molar-refractivity contribution in [3.63, 3.8) is 0 Å². The number of methoxy groups -OCH3 is 1. The van der Waals surface area contributed by atoms with Crippen molar-refractivity contribution < 1.29 is 19.4 Å². The van der Waals surface area contributed by atoms with Crippen molar-refractivity contribution >= 4 is 18.1 Å².